The van der Waals surface area contributed by atoms with E-state index < -0.39 is 0 Å². The largest absolute Gasteiger partial charge is 0.461 e. The van der Waals surface area contributed by atoms with Crippen LogP contribution in [0, 0.1) is 5.92 Å². The lowest BCUT2D eigenvalue weighted by Crippen LogP contribution is -2.15. The van der Waals surface area contributed by atoms with E-state index in [-0.39, 0.29) is 23.9 Å². The molecule has 3 heteroatoms. The monoisotopic (exact) mass is 206 g/mol. The number of ketones is 2. The van der Waals surface area contributed by atoms with E-state index in [2.05, 4.69) is 0 Å². The molecule has 0 unspecified atom stereocenters. The molecule has 1 saturated carbocycles. The Morgan fingerprint density at radius 3 is 2.67 bits per heavy atom. The zero-order valence-corrected chi connectivity index (χ0v) is 8.57. The van der Waals surface area contributed by atoms with E-state index in [0.717, 1.165) is 25.7 Å². The van der Waals surface area contributed by atoms with Gasteiger partial charge in [-0.25, -0.2) is 0 Å². The van der Waals surface area contributed by atoms with Crippen LogP contribution in [0.15, 0.2) is 22.8 Å². The van der Waals surface area contributed by atoms with Crippen LogP contribution in [0.1, 0.15) is 42.7 Å². The summed E-state index contributed by atoms with van der Waals surface area (Å²) in [6, 6.07) is 3.26. The molecule has 0 aromatic carbocycles. The summed E-state index contributed by atoms with van der Waals surface area (Å²) in [5, 5.41) is 0. The fourth-order valence-electron chi connectivity index (χ4n) is 2.07. The molecule has 0 amide bonds. The predicted molar refractivity (Wildman–Crippen MR) is 54.6 cm³/mol. The van der Waals surface area contributed by atoms with Crippen molar-refractivity contribution in [2.45, 2.75) is 32.1 Å². The van der Waals surface area contributed by atoms with Crippen LogP contribution in [-0.2, 0) is 4.79 Å². The first-order valence-corrected chi connectivity index (χ1v) is 5.37. The third-order valence-electron chi connectivity index (χ3n) is 2.94. The molecule has 1 heterocycles. The van der Waals surface area contributed by atoms with Gasteiger partial charge in [0.2, 0.25) is 5.78 Å². The van der Waals surface area contributed by atoms with Crippen molar-refractivity contribution in [1.82, 2.24) is 0 Å². The Kier molecular flexibility index (Phi) is 2.99. The van der Waals surface area contributed by atoms with E-state index in [1.165, 1.54) is 6.26 Å². The number of rotatable bonds is 4. The first kappa shape index (κ1) is 10.1. The van der Waals surface area contributed by atoms with E-state index in [4.69, 9.17) is 4.42 Å². The summed E-state index contributed by atoms with van der Waals surface area (Å²) in [5.74, 6) is 0.288. The summed E-state index contributed by atoms with van der Waals surface area (Å²) in [7, 11) is 0. The number of furan rings is 1. The Bertz CT molecular complexity index is 345. The maximum atomic E-state index is 11.7. The molecule has 0 N–H and O–H groups in total. The summed E-state index contributed by atoms with van der Waals surface area (Å²) in [4.78, 5) is 23.2. The number of carbonyl (C=O) groups is 2. The van der Waals surface area contributed by atoms with Crippen molar-refractivity contribution in [3.05, 3.63) is 24.2 Å². The number of Topliss-reactive ketones (excluding diaryl/α,β-unsaturated/α-hetero) is 2. The fraction of sp³-hybridized carbons (Fsp3) is 0.500. The predicted octanol–water partition coefficient (Wildman–Crippen LogP) is 2.61. The molecule has 3 nitrogen and oxygen atoms in total. The van der Waals surface area contributed by atoms with Gasteiger partial charge in [0.25, 0.3) is 0 Å². The zero-order valence-electron chi connectivity index (χ0n) is 8.57. The van der Waals surface area contributed by atoms with E-state index in [1.54, 1.807) is 12.1 Å². The number of hydrogen-bond donors (Lipinski definition) is 0. The highest BCUT2D eigenvalue weighted by Crippen LogP contribution is 2.26. The second kappa shape index (κ2) is 4.43. The van der Waals surface area contributed by atoms with Crippen molar-refractivity contribution >= 4 is 11.6 Å². The quantitative estimate of drug-likeness (QED) is 0.562. The molecule has 0 aliphatic heterocycles. The fourth-order valence-corrected chi connectivity index (χ4v) is 2.07. The minimum atomic E-state index is -0.197. The van der Waals surface area contributed by atoms with Gasteiger partial charge in [0, 0.05) is 5.92 Å². The van der Waals surface area contributed by atoms with Gasteiger partial charge in [-0.15, -0.1) is 0 Å². The third-order valence-corrected chi connectivity index (χ3v) is 2.94. The zero-order chi connectivity index (χ0) is 10.7. The van der Waals surface area contributed by atoms with Gasteiger partial charge in [0.15, 0.2) is 5.76 Å². The van der Waals surface area contributed by atoms with Crippen molar-refractivity contribution < 1.29 is 14.0 Å². The molecule has 1 fully saturated rings. The van der Waals surface area contributed by atoms with Gasteiger partial charge in [-0.3, -0.25) is 9.59 Å². The van der Waals surface area contributed by atoms with Crippen molar-refractivity contribution in [3.63, 3.8) is 0 Å². The highest BCUT2D eigenvalue weighted by Gasteiger charge is 2.25. The van der Waals surface area contributed by atoms with Gasteiger partial charge in [0.1, 0.15) is 5.78 Å². The van der Waals surface area contributed by atoms with Gasteiger partial charge in [-0.1, -0.05) is 12.8 Å². The molecule has 0 atom stereocenters. The Hall–Kier alpha value is -1.38. The van der Waals surface area contributed by atoms with Crippen molar-refractivity contribution in [2.75, 3.05) is 0 Å². The lowest BCUT2D eigenvalue weighted by Gasteiger charge is -2.05. The SMILES string of the molecule is O=C(CC(=O)C1CCCC1)c1ccco1. The molecule has 1 aromatic rings. The van der Waals surface area contributed by atoms with E-state index in [1.807, 2.05) is 0 Å². The van der Waals surface area contributed by atoms with Crippen LogP contribution in [0.2, 0.25) is 0 Å². The summed E-state index contributed by atoms with van der Waals surface area (Å²) in [5.41, 5.74) is 0. The van der Waals surface area contributed by atoms with E-state index in [9.17, 15) is 9.59 Å². The average molecular weight is 206 g/mol. The molecular weight excluding hydrogens is 192 g/mol. The van der Waals surface area contributed by atoms with Crippen LogP contribution >= 0.6 is 0 Å². The summed E-state index contributed by atoms with van der Waals surface area (Å²) in [6.07, 6.45) is 5.58. The maximum absolute atomic E-state index is 11.7. The van der Waals surface area contributed by atoms with Crippen LogP contribution in [0.3, 0.4) is 0 Å². The van der Waals surface area contributed by atoms with Crippen LogP contribution in [-0.4, -0.2) is 11.6 Å². The standard InChI is InChI=1S/C12H14O3/c13-10(9-4-1-2-5-9)8-11(14)12-6-3-7-15-12/h3,6-7,9H,1-2,4-5,8H2. The second-order valence-electron chi connectivity index (χ2n) is 4.02. The normalized spacial score (nSPS) is 16.8. The molecular formula is C12H14O3. The van der Waals surface area contributed by atoms with Crippen LogP contribution in [0.5, 0.6) is 0 Å². The molecule has 0 bridgehead atoms. The van der Waals surface area contributed by atoms with Crippen molar-refractivity contribution in [2.24, 2.45) is 5.92 Å². The van der Waals surface area contributed by atoms with Crippen LogP contribution in [0.25, 0.3) is 0 Å². The number of carbonyl (C=O) groups excluding carboxylic acids is 2. The molecule has 0 saturated heterocycles. The Balaban J connectivity index is 1.91. The first-order chi connectivity index (χ1) is 7.27. The molecule has 1 aliphatic rings. The molecule has 0 spiro atoms. The summed E-state index contributed by atoms with van der Waals surface area (Å²) < 4.78 is 4.96. The highest BCUT2D eigenvalue weighted by molar-refractivity contribution is 6.07. The van der Waals surface area contributed by atoms with Crippen molar-refractivity contribution in [3.8, 4) is 0 Å². The van der Waals surface area contributed by atoms with Crippen LogP contribution in [0.4, 0.5) is 0 Å². The van der Waals surface area contributed by atoms with Crippen molar-refractivity contribution in [1.29, 1.82) is 0 Å². The Morgan fingerprint density at radius 2 is 2.07 bits per heavy atom. The van der Waals surface area contributed by atoms with Gasteiger partial charge >= 0.3 is 0 Å². The van der Waals surface area contributed by atoms with Gasteiger partial charge in [0.05, 0.1) is 12.7 Å². The van der Waals surface area contributed by atoms with Gasteiger partial charge < -0.3 is 4.42 Å². The molecule has 1 aliphatic carbocycles. The minimum Gasteiger partial charge on any atom is -0.461 e. The molecule has 1 aromatic heterocycles. The number of hydrogen-bond acceptors (Lipinski definition) is 3. The average Bonchev–Trinajstić information content (AvgIpc) is 2.91. The van der Waals surface area contributed by atoms with Gasteiger partial charge in [-0.2, -0.15) is 0 Å². The Morgan fingerprint density at radius 1 is 1.33 bits per heavy atom. The van der Waals surface area contributed by atoms with E-state index >= 15 is 0 Å². The molecule has 80 valence electrons. The molecule has 15 heavy (non-hydrogen) atoms. The molecule has 0 radical (unpaired) electrons. The first-order valence-electron chi connectivity index (χ1n) is 5.37. The van der Waals surface area contributed by atoms with E-state index in [0.29, 0.717) is 5.76 Å². The second-order valence-corrected chi connectivity index (χ2v) is 4.02. The lowest BCUT2D eigenvalue weighted by atomic mass is 9.98. The topological polar surface area (TPSA) is 47.3 Å². The summed E-state index contributed by atoms with van der Waals surface area (Å²) >= 11 is 0. The third kappa shape index (κ3) is 2.35. The minimum absolute atomic E-state index is 0.00181. The summed E-state index contributed by atoms with van der Waals surface area (Å²) in [6.45, 7) is 0. The lowest BCUT2D eigenvalue weighted by molar-refractivity contribution is -0.121. The van der Waals surface area contributed by atoms with Gasteiger partial charge in [-0.05, 0) is 25.0 Å². The smallest absolute Gasteiger partial charge is 0.205 e. The highest BCUT2D eigenvalue weighted by atomic mass is 16.3. The Labute approximate surface area is 88.5 Å². The maximum Gasteiger partial charge on any atom is 0.205 e. The van der Waals surface area contributed by atoms with Crippen LogP contribution < -0.4 is 0 Å². The molecule has 2 rings (SSSR count).